The van der Waals surface area contributed by atoms with Crippen molar-refractivity contribution in [3.63, 3.8) is 0 Å². The van der Waals surface area contributed by atoms with Crippen molar-refractivity contribution in [2.24, 2.45) is 7.05 Å². The second-order valence-corrected chi connectivity index (χ2v) is 5.37. The van der Waals surface area contributed by atoms with Crippen LogP contribution in [0.4, 0.5) is 5.69 Å². The zero-order valence-corrected chi connectivity index (χ0v) is 13.1. The zero-order valence-electron chi connectivity index (χ0n) is 13.1. The summed E-state index contributed by atoms with van der Waals surface area (Å²) in [6, 6.07) is 5.18. The van der Waals surface area contributed by atoms with E-state index in [1.807, 2.05) is 20.9 Å². The molecule has 1 aromatic carbocycles. The molecule has 0 radical (unpaired) electrons. The Bertz CT molecular complexity index is 974. The highest BCUT2D eigenvalue weighted by Gasteiger charge is 2.07. The van der Waals surface area contributed by atoms with Gasteiger partial charge in [0.25, 0.3) is 0 Å². The number of hydrogen-bond acceptors (Lipinski definition) is 3. The van der Waals surface area contributed by atoms with Crippen molar-refractivity contribution < 1.29 is 4.79 Å². The molecule has 23 heavy (non-hydrogen) atoms. The SMILES string of the molecule is Cc1nn(C)c(C)c1/C=C/C(=O)Nc1ccc2[nH]c(=O)[nH]c2c1. The molecule has 0 saturated heterocycles. The summed E-state index contributed by atoms with van der Waals surface area (Å²) in [4.78, 5) is 28.6. The summed E-state index contributed by atoms with van der Waals surface area (Å²) in [5.74, 6) is -0.245. The number of carbonyl (C=O) groups excluding carboxylic acids is 1. The summed E-state index contributed by atoms with van der Waals surface area (Å²) >= 11 is 0. The maximum absolute atomic E-state index is 12.1. The minimum Gasteiger partial charge on any atom is -0.322 e. The van der Waals surface area contributed by atoms with Crippen LogP contribution in [0.1, 0.15) is 17.0 Å². The quantitative estimate of drug-likeness (QED) is 0.644. The van der Waals surface area contributed by atoms with Gasteiger partial charge in [0.1, 0.15) is 0 Å². The summed E-state index contributed by atoms with van der Waals surface area (Å²) in [6.07, 6.45) is 3.23. The molecule has 0 saturated carbocycles. The number of nitrogens with one attached hydrogen (secondary N) is 3. The third-order valence-electron chi connectivity index (χ3n) is 3.75. The first-order valence-corrected chi connectivity index (χ1v) is 7.15. The average Bonchev–Trinajstić information content (AvgIpc) is 2.96. The largest absolute Gasteiger partial charge is 0.323 e. The summed E-state index contributed by atoms with van der Waals surface area (Å²) in [7, 11) is 1.87. The van der Waals surface area contributed by atoms with Crippen molar-refractivity contribution >= 4 is 28.7 Å². The van der Waals surface area contributed by atoms with Gasteiger partial charge < -0.3 is 15.3 Å². The lowest BCUT2D eigenvalue weighted by atomic mass is 10.2. The van der Waals surface area contributed by atoms with Gasteiger partial charge in [0.05, 0.1) is 16.7 Å². The van der Waals surface area contributed by atoms with Crippen molar-refractivity contribution in [2.75, 3.05) is 5.32 Å². The molecule has 0 atom stereocenters. The van der Waals surface area contributed by atoms with Crippen molar-refractivity contribution in [3.8, 4) is 0 Å². The van der Waals surface area contributed by atoms with Gasteiger partial charge in [0.2, 0.25) is 5.91 Å². The summed E-state index contributed by atoms with van der Waals surface area (Å²) < 4.78 is 1.78. The van der Waals surface area contributed by atoms with E-state index in [1.165, 1.54) is 6.08 Å². The maximum atomic E-state index is 12.1. The van der Waals surface area contributed by atoms with Crippen molar-refractivity contribution in [2.45, 2.75) is 13.8 Å². The van der Waals surface area contributed by atoms with Gasteiger partial charge in [-0.1, -0.05) is 0 Å². The Morgan fingerprint density at radius 1 is 1.26 bits per heavy atom. The van der Waals surface area contributed by atoms with Crippen molar-refractivity contribution in [1.82, 2.24) is 19.7 Å². The number of fused-ring (bicyclic) bond motifs is 1. The van der Waals surface area contributed by atoms with E-state index >= 15 is 0 Å². The van der Waals surface area contributed by atoms with E-state index in [0.29, 0.717) is 16.7 Å². The normalized spacial score (nSPS) is 11.4. The minimum absolute atomic E-state index is 0.245. The van der Waals surface area contributed by atoms with Crippen LogP contribution in [0.3, 0.4) is 0 Å². The molecule has 3 rings (SSSR count). The second kappa shape index (κ2) is 5.60. The smallest absolute Gasteiger partial charge is 0.322 e. The number of nitrogens with zero attached hydrogens (tertiary/aromatic N) is 2. The molecule has 0 unspecified atom stereocenters. The number of hydrogen-bond donors (Lipinski definition) is 3. The second-order valence-electron chi connectivity index (χ2n) is 5.37. The molecule has 0 aliphatic heterocycles. The molecular weight excluding hydrogens is 294 g/mol. The molecule has 1 amide bonds. The molecule has 0 fully saturated rings. The van der Waals surface area contributed by atoms with E-state index in [2.05, 4.69) is 20.4 Å². The predicted molar refractivity (Wildman–Crippen MR) is 89.3 cm³/mol. The number of carbonyl (C=O) groups is 1. The number of rotatable bonds is 3. The first kappa shape index (κ1) is 14.8. The van der Waals surface area contributed by atoms with E-state index in [9.17, 15) is 9.59 Å². The number of anilines is 1. The van der Waals surface area contributed by atoms with Gasteiger partial charge in [-0.2, -0.15) is 5.10 Å². The molecule has 7 heteroatoms. The fourth-order valence-electron chi connectivity index (χ4n) is 2.48. The number of aromatic nitrogens is 4. The van der Waals surface area contributed by atoms with Crippen molar-refractivity contribution in [3.05, 3.63) is 51.7 Å². The fraction of sp³-hybridized carbons (Fsp3) is 0.188. The Morgan fingerprint density at radius 3 is 2.70 bits per heavy atom. The predicted octanol–water partition coefficient (Wildman–Crippen LogP) is 1.86. The highest BCUT2D eigenvalue weighted by atomic mass is 16.1. The topological polar surface area (TPSA) is 95.6 Å². The molecule has 0 aliphatic carbocycles. The number of imidazole rings is 1. The Balaban J connectivity index is 1.77. The van der Waals surface area contributed by atoms with Gasteiger partial charge in [0.15, 0.2) is 0 Å². The Kier molecular flexibility index (Phi) is 3.61. The standard InChI is InChI=1S/C16H17N5O2/c1-9-12(10(2)21(3)20-9)5-7-15(22)17-11-4-6-13-14(8-11)19-16(23)18-13/h4-8H,1-3H3,(H,17,22)(H2,18,19,23)/b7-5+. The van der Waals surface area contributed by atoms with Crippen LogP contribution < -0.4 is 11.0 Å². The summed E-state index contributed by atoms with van der Waals surface area (Å²) in [6.45, 7) is 3.86. The van der Waals surface area contributed by atoms with Gasteiger partial charge in [-0.25, -0.2) is 4.79 Å². The first-order chi connectivity index (χ1) is 10.9. The maximum Gasteiger partial charge on any atom is 0.323 e. The highest BCUT2D eigenvalue weighted by Crippen LogP contribution is 2.16. The number of H-pyrrole nitrogens is 2. The third-order valence-corrected chi connectivity index (χ3v) is 3.75. The van der Waals surface area contributed by atoms with Gasteiger partial charge in [-0.3, -0.25) is 9.48 Å². The number of aryl methyl sites for hydroxylation is 2. The lowest BCUT2D eigenvalue weighted by Crippen LogP contribution is -2.07. The highest BCUT2D eigenvalue weighted by molar-refractivity contribution is 6.02. The lowest BCUT2D eigenvalue weighted by molar-refractivity contribution is -0.111. The van der Waals surface area contributed by atoms with Crippen LogP contribution in [0.2, 0.25) is 0 Å². The van der Waals surface area contributed by atoms with Crippen LogP contribution in [0.5, 0.6) is 0 Å². The van der Waals surface area contributed by atoms with Crippen LogP contribution in [0, 0.1) is 13.8 Å². The molecule has 2 aromatic heterocycles. The molecular formula is C16H17N5O2. The third kappa shape index (κ3) is 2.94. The molecule has 0 spiro atoms. The number of aromatic amines is 2. The lowest BCUT2D eigenvalue weighted by Gasteiger charge is -2.02. The number of benzene rings is 1. The average molecular weight is 311 g/mol. The van der Waals surface area contributed by atoms with Crippen LogP contribution in [-0.4, -0.2) is 25.7 Å². The van der Waals surface area contributed by atoms with E-state index in [1.54, 1.807) is 29.0 Å². The monoisotopic (exact) mass is 311 g/mol. The summed E-state index contributed by atoms with van der Waals surface area (Å²) in [5.41, 5.74) is 4.50. The molecule has 0 bridgehead atoms. The van der Waals surface area contributed by atoms with E-state index in [0.717, 1.165) is 17.0 Å². The Labute approximate surface area is 132 Å². The van der Waals surface area contributed by atoms with Crippen LogP contribution >= 0.6 is 0 Å². The van der Waals surface area contributed by atoms with Crippen molar-refractivity contribution in [1.29, 1.82) is 0 Å². The van der Waals surface area contributed by atoms with E-state index in [4.69, 9.17) is 0 Å². The van der Waals surface area contributed by atoms with Crippen LogP contribution in [-0.2, 0) is 11.8 Å². The van der Waals surface area contributed by atoms with Crippen LogP contribution in [0.15, 0.2) is 29.1 Å². The zero-order chi connectivity index (χ0) is 16.6. The number of amides is 1. The molecule has 3 aromatic rings. The molecule has 2 heterocycles. The van der Waals surface area contributed by atoms with E-state index in [-0.39, 0.29) is 11.6 Å². The Morgan fingerprint density at radius 2 is 2.00 bits per heavy atom. The van der Waals surface area contributed by atoms with Gasteiger partial charge in [0, 0.05) is 30.1 Å². The Hall–Kier alpha value is -3.09. The van der Waals surface area contributed by atoms with Gasteiger partial charge >= 0.3 is 5.69 Å². The molecule has 0 aliphatic rings. The molecule has 118 valence electrons. The minimum atomic E-state index is -0.272. The van der Waals surface area contributed by atoms with Crippen LogP contribution in [0.25, 0.3) is 17.1 Å². The molecule has 3 N–H and O–H groups in total. The summed E-state index contributed by atoms with van der Waals surface area (Å²) in [5, 5.41) is 7.08. The van der Waals surface area contributed by atoms with Gasteiger partial charge in [-0.15, -0.1) is 0 Å². The molecule has 7 nitrogen and oxygen atoms in total. The first-order valence-electron chi connectivity index (χ1n) is 7.15. The fourth-order valence-corrected chi connectivity index (χ4v) is 2.48. The van der Waals surface area contributed by atoms with E-state index < -0.39 is 0 Å². The van der Waals surface area contributed by atoms with Gasteiger partial charge in [-0.05, 0) is 38.1 Å².